The molecule has 90 valence electrons. The minimum absolute atomic E-state index is 0.0737. The van der Waals surface area contributed by atoms with Gasteiger partial charge >= 0.3 is 0 Å². The molecular formula is C9H20N2O2S2. The molecule has 1 unspecified atom stereocenters. The minimum Gasteiger partial charge on any atom is -0.314 e. The van der Waals surface area contributed by atoms with Crippen molar-refractivity contribution in [2.75, 3.05) is 26.2 Å². The number of nitrogens with one attached hydrogen (secondary N) is 1. The van der Waals surface area contributed by atoms with Crippen molar-refractivity contribution in [2.24, 2.45) is 0 Å². The van der Waals surface area contributed by atoms with Crippen molar-refractivity contribution < 1.29 is 8.42 Å². The van der Waals surface area contributed by atoms with Gasteiger partial charge in [-0.1, -0.05) is 0 Å². The molecule has 1 aliphatic heterocycles. The lowest BCUT2D eigenvalue weighted by atomic mass is 10.3. The molecule has 0 aromatic rings. The van der Waals surface area contributed by atoms with Crippen LogP contribution < -0.4 is 5.32 Å². The van der Waals surface area contributed by atoms with E-state index in [-0.39, 0.29) is 5.25 Å². The molecule has 0 aromatic heterocycles. The minimum atomic E-state index is -3.21. The van der Waals surface area contributed by atoms with Crippen LogP contribution in [-0.4, -0.2) is 48.9 Å². The van der Waals surface area contributed by atoms with Crippen molar-refractivity contribution in [3.05, 3.63) is 0 Å². The van der Waals surface area contributed by atoms with E-state index in [1.165, 1.54) is 0 Å². The Morgan fingerprint density at radius 1 is 1.40 bits per heavy atom. The van der Waals surface area contributed by atoms with Gasteiger partial charge in [0, 0.05) is 31.4 Å². The zero-order valence-corrected chi connectivity index (χ0v) is 11.2. The Balaban J connectivity index is 2.86. The van der Waals surface area contributed by atoms with Crippen LogP contribution in [-0.2, 0) is 10.0 Å². The summed E-state index contributed by atoms with van der Waals surface area (Å²) in [6, 6.07) is 0. The Morgan fingerprint density at radius 2 is 2.00 bits per heavy atom. The van der Waals surface area contributed by atoms with E-state index in [9.17, 15) is 8.42 Å². The monoisotopic (exact) mass is 252 g/mol. The van der Waals surface area contributed by atoms with Gasteiger partial charge in [0.15, 0.2) is 0 Å². The third kappa shape index (κ3) is 3.09. The normalized spacial score (nSPS) is 26.3. The molecule has 1 saturated heterocycles. The number of sulfonamides is 1. The van der Waals surface area contributed by atoms with Gasteiger partial charge in [-0.2, -0.15) is 16.9 Å². The summed E-state index contributed by atoms with van der Waals surface area (Å²) in [5, 5.41) is 3.24. The van der Waals surface area contributed by atoms with Crippen molar-refractivity contribution in [3.63, 3.8) is 0 Å². The lowest BCUT2D eigenvalue weighted by Crippen LogP contribution is -2.45. The van der Waals surface area contributed by atoms with Gasteiger partial charge in [-0.05, 0) is 20.8 Å². The second kappa shape index (κ2) is 4.61. The summed E-state index contributed by atoms with van der Waals surface area (Å²) in [6.45, 7) is 7.69. The Hall–Kier alpha value is 0.220. The van der Waals surface area contributed by atoms with Gasteiger partial charge in [0.05, 0.1) is 4.75 Å². The summed E-state index contributed by atoms with van der Waals surface area (Å²) in [4.78, 5) is 0. The van der Waals surface area contributed by atoms with E-state index in [0.717, 1.165) is 6.54 Å². The Morgan fingerprint density at radius 3 is 2.53 bits per heavy atom. The SMILES string of the molecule is CC(C)(C)S(=O)(=O)N1CCNCC(S)C1. The maximum atomic E-state index is 12.2. The molecule has 1 aliphatic rings. The van der Waals surface area contributed by atoms with Gasteiger partial charge in [-0.15, -0.1) is 0 Å². The summed E-state index contributed by atoms with van der Waals surface area (Å²) in [5.74, 6) is 0. The lowest BCUT2D eigenvalue weighted by Gasteiger charge is -2.29. The summed E-state index contributed by atoms with van der Waals surface area (Å²) in [6.07, 6.45) is 0. The molecule has 0 saturated carbocycles. The van der Waals surface area contributed by atoms with E-state index in [1.54, 1.807) is 25.1 Å². The van der Waals surface area contributed by atoms with Gasteiger partial charge in [0.1, 0.15) is 0 Å². The average Bonchev–Trinajstić information content (AvgIpc) is 2.27. The van der Waals surface area contributed by atoms with Crippen LogP contribution in [0.3, 0.4) is 0 Å². The van der Waals surface area contributed by atoms with Crippen LogP contribution in [0.2, 0.25) is 0 Å². The summed E-state index contributed by atoms with van der Waals surface area (Å²) < 4.78 is 25.2. The van der Waals surface area contributed by atoms with Crippen molar-refractivity contribution in [1.82, 2.24) is 9.62 Å². The van der Waals surface area contributed by atoms with Crippen LogP contribution in [0.25, 0.3) is 0 Å². The molecule has 0 aromatic carbocycles. The number of hydrogen-bond donors (Lipinski definition) is 2. The topological polar surface area (TPSA) is 49.4 Å². The molecule has 15 heavy (non-hydrogen) atoms. The molecular weight excluding hydrogens is 232 g/mol. The lowest BCUT2D eigenvalue weighted by molar-refractivity contribution is 0.415. The van der Waals surface area contributed by atoms with E-state index in [0.29, 0.717) is 19.6 Å². The molecule has 1 N–H and O–H groups in total. The van der Waals surface area contributed by atoms with Crippen LogP contribution in [0.1, 0.15) is 20.8 Å². The van der Waals surface area contributed by atoms with Crippen LogP contribution in [0.15, 0.2) is 0 Å². The first-order valence-electron chi connectivity index (χ1n) is 5.13. The van der Waals surface area contributed by atoms with Gasteiger partial charge < -0.3 is 5.32 Å². The molecule has 0 bridgehead atoms. The fourth-order valence-corrected chi connectivity index (χ4v) is 3.39. The molecule has 0 amide bonds. The predicted octanol–water partition coefficient (Wildman–Crippen LogP) is 0.318. The molecule has 0 spiro atoms. The molecule has 1 atom stereocenters. The molecule has 1 heterocycles. The molecule has 4 nitrogen and oxygen atoms in total. The molecule has 1 rings (SSSR count). The van der Waals surface area contributed by atoms with Crippen LogP contribution in [0.5, 0.6) is 0 Å². The quantitative estimate of drug-likeness (QED) is 0.661. The Labute approximate surface area is 97.9 Å². The first-order chi connectivity index (χ1) is 6.75. The third-order valence-electron chi connectivity index (χ3n) is 2.45. The highest BCUT2D eigenvalue weighted by atomic mass is 32.2. The second-order valence-corrected chi connectivity index (χ2v) is 8.25. The predicted molar refractivity (Wildman–Crippen MR) is 65.9 cm³/mol. The van der Waals surface area contributed by atoms with E-state index in [2.05, 4.69) is 17.9 Å². The van der Waals surface area contributed by atoms with Crippen LogP contribution in [0.4, 0.5) is 0 Å². The van der Waals surface area contributed by atoms with E-state index >= 15 is 0 Å². The van der Waals surface area contributed by atoms with E-state index in [4.69, 9.17) is 0 Å². The van der Waals surface area contributed by atoms with Crippen molar-refractivity contribution in [2.45, 2.75) is 30.8 Å². The van der Waals surface area contributed by atoms with Crippen molar-refractivity contribution >= 4 is 22.7 Å². The largest absolute Gasteiger partial charge is 0.314 e. The van der Waals surface area contributed by atoms with Crippen molar-refractivity contribution in [1.29, 1.82) is 0 Å². The zero-order chi connectivity index (χ0) is 11.7. The summed E-state index contributed by atoms with van der Waals surface area (Å²) >= 11 is 4.35. The van der Waals surface area contributed by atoms with Crippen LogP contribution >= 0.6 is 12.6 Å². The molecule has 0 aliphatic carbocycles. The molecule has 6 heteroatoms. The highest BCUT2D eigenvalue weighted by molar-refractivity contribution is 7.90. The van der Waals surface area contributed by atoms with E-state index < -0.39 is 14.8 Å². The molecule has 1 fully saturated rings. The zero-order valence-electron chi connectivity index (χ0n) is 9.52. The highest BCUT2D eigenvalue weighted by Crippen LogP contribution is 2.21. The maximum absolute atomic E-state index is 12.2. The second-order valence-electron chi connectivity index (χ2n) is 4.83. The smallest absolute Gasteiger partial charge is 0.219 e. The Bertz CT molecular complexity index is 309. The highest BCUT2D eigenvalue weighted by Gasteiger charge is 2.36. The Kier molecular flexibility index (Phi) is 4.08. The standard InChI is InChI=1S/C9H20N2O2S2/c1-9(2,3)15(12,13)11-5-4-10-6-8(14)7-11/h8,10,14H,4-7H2,1-3H3. The van der Waals surface area contributed by atoms with Gasteiger partial charge in [0.25, 0.3) is 0 Å². The van der Waals surface area contributed by atoms with Gasteiger partial charge in [-0.3, -0.25) is 0 Å². The summed E-state index contributed by atoms with van der Waals surface area (Å²) in [5.41, 5.74) is 0. The number of rotatable bonds is 1. The molecule has 0 radical (unpaired) electrons. The first-order valence-corrected chi connectivity index (χ1v) is 7.09. The maximum Gasteiger partial charge on any atom is 0.219 e. The number of nitrogens with zero attached hydrogens (tertiary/aromatic N) is 1. The van der Waals surface area contributed by atoms with E-state index in [1.807, 2.05) is 0 Å². The van der Waals surface area contributed by atoms with Crippen LogP contribution in [0, 0.1) is 0 Å². The third-order valence-corrected chi connectivity index (χ3v) is 5.35. The average molecular weight is 252 g/mol. The van der Waals surface area contributed by atoms with Gasteiger partial charge in [-0.25, -0.2) is 8.42 Å². The summed E-state index contributed by atoms with van der Waals surface area (Å²) in [7, 11) is -3.21. The first kappa shape index (κ1) is 13.3. The number of hydrogen-bond acceptors (Lipinski definition) is 4. The van der Waals surface area contributed by atoms with Gasteiger partial charge in [0.2, 0.25) is 10.0 Å². The fourth-order valence-electron chi connectivity index (χ4n) is 1.47. The van der Waals surface area contributed by atoms with Crippen molar-refractivity contribution in [3.8, 4) is 0 Å². The number of thiol groups is 1. The fraction of sp³-hybridized carbons (Fsp3) is 1.00.